The number of carbonyl (C=O) groups excluding carboxylic acids is 1. The number of aromatic nitrogens is 3. The molecule has 0 radical (unpaired) electrons. The maximum absolute atomic E-state index is 13.5. The zero-order valence-corrected chi connectivity index (χ0v) is 13.4. The van der Waals surface area contributed by atoms with Gasteiger partial charge in [-0.1, -0.05) is 18.2 Å². The summed E-state index contributed by atoms with van der Waals surface area (Å²) in [6.45, 7) is -0.0748. The molecule has 0 spiro atoms. The molecule has 9 heteroatoms. The predicted octanol–water partition coefficient (Wildman–Crippen LogP) is 1.23. The highest BCUT2D eigenvalue weighted by Crippen LogP contribution is 2.08. The van der Waals surface area contributed by atoms with Gasteiger partial charge in [0.2, 0.25) is 5.69 Å². The van der Waals surface area contributed by atoms with Crippen LogP contribution in [0.1, 0.15) is 21.6 Å². The topological polar surface area (TPSA) is 112 Å². The van der Waals surface area contributed by atoms with E-state index in [9.17, 15) is 19.1 Å². The van der Waals surface area contributed by atoms with Crippen molar-refractivity contribution in [3.63, 3.8) is 0 Å². The van der Waals surface area contributed by atoms with Gasteiger partial charge >= 0.3 is 5.56 Å². The van der Waals surface area contributed by atoms with E-state index >= 15 is 0 Å². The van der Waals surface area contributed by atoms with Crippen molar-refractivity contribution >= 4 is 12.1 Å². The van der Waals surface area contributed by atoms with Crippen LogP contribution < -0.4 is 10.9 Å². The number of carbonyl (C=O) groups is 1. The standard InChI is InChI=1S/C17H14FN5O3/c18-14-4-2-1-3-12(14)10-19-16(25)15-17(26)23(22-21-15)20-9-11-5-7-13(24)8-6-11/h1-9,22,24H,10H2,(H,19,25). The average Bonchev–Trinajstić information content (AvgIpc) is 3.01. The highest BCUT2D eigenvalue weighted by atomic mass is 19.1. The number of amides is 1. The van der Waals surface area contributed by atoms with Crippen molar-refractivity contribution in [2.24, 2.45) is 5.10 Å². The smallest absolute Gasteiger partial charge is 0.320 e. The van der Waals surface area contributed by atoms with Gasteiger partial charge in [-0.15, -0.1) is 9.89 Å². The molecule has 1 aromatic heterocycles. The Morgan fingerprint density at radius 2 is 2.00 bits per heavy atom. The minimum Gasteiger partial charge on any atom is -0.508 e. The molecule has 0 bridgehead atoms. The van der Waals surface area contributed by atoms with E-state index in [0.29, 0.717) is 11.1 Å². The molecule has 1 heterocycles. The van der Waals surface area contributed by atoms with Crippen molar-refractivity contribution in [2.75, 3.05) is 0 Å². The Morgan fingerprint density at radius 3 is 2.73 bits per heavy atom. The largest absolute Gasteiger partial charge is 0.508 e. The SMILES string of the molecule is O=C(NCc1ccccc1F)c1n[nH]n(N=Cc2ccc(O)cc2)c1=O. The van der Waals surface area contributed by atoms with Gasteiger partial charge in [0.25, 0.3) is 5.91 Å². The Kier molecular flexibility index (Phi) is 4.88. The lowest BCUT2D eigenvalue weighted by Crippen LogP contribution is -2.29. The van der Waals surface area contributed by atoms with Crippen LogP contribution in [-0.4, -0.2) is 32.3 Å². The van der Waals surface area contributed by atoms with Crippen molar-refractivity contribution in [3.8, 4) is 5.75 Å². The summed E-state index contributed by atoms with van der Waals surface area (Å²) in [6.07, 6.45) is 1.36. The zero-order valence-electron chi connectivity index (χ0n) is 13.4. The Morgan fingerprint density at radius 1 is 1.27 bits per heavy atom. The van der Waals surface area contributed by atoms with Gasteiger partial charge in [-0.2, -0.15) is 10.3 Å². The van der Waals surface area contributed by atoms with Crippen molar-refractivity contribution < 1.29 is 14.3 Å². The molecule has 0 atom stereocenters. The van der Waals surface area contributed by atoms with Crippen LogP contribution in [0.3, 0.4) is 0 Å². The summed E-state index contributed by atoms with van der Waals surface area (Å²) in [7, 11) is 0. The fourth-order valence-electron chi connectivity index (χ4n) is 2.10. The van der Waals surface area contributed by atoms with Crippen LogP contribution in [0.25, 0.3) is 0 Å². The van der Waals surface area contributed by atoms with E-state index in [1.165, 1.54) is 30.5 Å². The predicted molar refractivity (Wildman–Crippen MR) is 91.5 cm³/mol. The number of rotatable bonds is 5. The normalized spacial score (nSPS) is 11.0. The number of aromatic hydroxyl groups is 1. The van der Waals surface area contributed by atoms with Crippen LogP contribution in [0.2, 0.25) is 0 Å². The molecule has 0 unspecified atom stereocenters. The van der Waals surface area contributed by atoms with E-state index in [4.69, 9.17) is 0 Å². The minimum absolute atomic E-state index is 0.0748. The number of phenolic OH excluding ortho intramolecular Hbond substituents is 1. The molecule has 132 valence electrons. The van der Waals surface area contributed by atoms with Crippen LogP contribution in [0.15, 0.2) is 58.4 Å². The molecular weight excluding hydrogens is 341 g/mol. The first kappa shape index (κ1) is 17.1. The third kappa shape index (κ3) is 3.83. The van der Waals surface area contributed by atoms with Crippen LogP contribution in [0, 0.1) is 5.82 Å². The summed E-state index contributed by atoms with van der Waals surface area (Å²) in [5.41, 5.74) is -0.202. The van der Waals surface area contributed by atoms with E-state index in [1.807, 2.05) is 0 Å². The van der Waals surface area contributed by atoms with Crippen LogP contribution >= 0.6 is 0 Å². The molecule has 0 saturated heterocycles. The van der Waals surface area contributed by atoms with E-state index in [1.54, 1.807) is 24.3 Å². The molecule has 3 aromatic rings. The van der Waals surface area contributed by atoms with E-state index in [0.717, 1.165) is 4.79 Å². The monoisotopic (exact) mass is 355 g/mol. The molecule has 8 nitrogen and oxygen atoms in total. The summed E-state index contributed by atoms with van der Waals surface area (Å²) in [4.78, 5) is 25.0. The molecule has 2 aromatic carbocycles. The number of hydrogen-bond donors (Lipinski definition) is 3. The maximum atomic E-state index is 13.5. The van der Waals surface area contributed by atoms with Gasteiger partial charge in [0.1, 0.15) is 11.6 Å². The van der Waals surface area contributed by atoms with Gasteiger partial charge in [0.05, 0.1) is 6.21 Å². The number of H-pyrrole nitrogens is 1. The second-order valence-corrected chi connectivity index (χ2v) is 5.29. The number of hydrogen-bond acceptors (Lipinski definition) is 5. The van der Waals surface area contributed by atoms with Gasteiger partial charge in [-0.25, -0.2) is 4.39 Å². The van der Waals surface area contributed by atoms with Gasteiger partial charge in [-0.3, -0.25) is 9.59 Å². The minimum atomic E-state index is -0.744. The zero-order chi connectivity index (χ0) is 18.5. The number of nitrogens with one attached hydrogen (secondary N) is 2. The van der Waals surface area contributed by atoms with E-state index in [2.05, 4.69) is 20.7 Å². The Labute approximate surface area is 146 Å². The van der Waals surface area contributed by atoms with Crippen molar-refractivity contribution in [2.45, 2.75) is 6.54 Å². The lowest BCUT2D eigenvalue weighted by molar-refractivity contribution is 0.0944. The second kappa shape index (κ2) is 7.43. The summed E-state index contributed by atoms with van der Waals surface area (Å²) >= 11 is 0. The molecular formula is C17H14FN5O3. The lowest BCUT2D eigenvalue weighted by Gasteiger charge is -2.03. The number of nitrogens with zero attached hydrogens (tertiary/aromatic N) is 3. The van der Waals surface area contributed by atoms with Crippen molar-refractivity contribution in [1.82, 2.24) is 20.4 Å². The third-order valence-electron chi connectivity index (χ3n) is 3.48. The third-order valence-corrected chi connectivity index (χ3v) is 3.48. The molecule has 3 N–H and O–H groups in total. The summed E-state index contributed by atoms with van der Waals surface area (Å²) in [5, 5.41) is 21.5. The first-order valence-corrected chi connectivity index (χ1v) is 7.57. The first-order valence-electron chi connectivity index (χ1n) is 7.57. The van der Waals surface area contributed by atoms with E-state index < -0.39 is 17.3 Å². The first-order chi connectivity index (χ1) is 12.5. The second-order valence-electron chi connectivity index (χ2n) is 5.29. The van der Waals surface area contributed by atoms with Crippen molar-refractivity contribution in [1.29, 1.82) is 0 Å². The Bertz CT molecular complexity index is 1010. The average molecular weight is 355 g/mol. The van der Waals surface area contributed by atoms with Crippen LogP contribution in [0.5, 0.6) is 5.75 Å². The molecule has 0 aliphatic carbocycles. The van der Waals surface area contributed by atoms with Gasteiger partial charge in [0.15, 0.2) is 0 Å². The number of halogens is 1. The quantitative estimate of drug-likeness (QED) is 0.598. The summed E-state index contributed by atoms with van der Waals surface area (Å²) < 4.78 is 13.5. The Balaban J connectivity index is 1.70. The maximum Gasteiger partial charge on any atom is 0.320 e. The molecule has 0 aliphatic heterocycles. The highest BCUT2D eigenvalue weighted by molar-refractivity contribution is 5.91. The van der Waals surface area contributed by atoms with Crippen LogP contribution in [0.4, 0.5) is 4.39 Å². The fourth-order valence-corrected chi connectivity index (χ4v) is 2.10. The van der Waals surface area contributed by atoms with Gasteiger partial charge in [-0.05, 0) is 35.9 Å². The van der Waals surface area contributed by atoms with Gasteiger partial charge < -0.3 is 10.4 Å². The molecule has 0 aliphatic rings. The molecule has 0 saturated carbocycles. The Hall–Kier alpha value is -3.75. The number of aromatic amines is 1. The van der Waals surface area contributed by atoms with Gasteiger partial charge in [0, 0.05) is 12.1 Å². The molecule has 1 amide bonds. The molecule has 3 rings (SSSR count). The summed E-state index contributed by atoms with van der Waals surface area (Å²) in [5.74, 6) is -1.09. The number of phenols is 1. The molecule has 26 heavy (non-hydrogen) atoms. The fraction of sp³-hybridized carbons (Fsp3) is 0.0588. The highest BCUT2D eigenvalue weighted by Gasteiger charge is 2.16. The summed E-state index contributed by atoms with van der Waals surface area (Å²) in [6, 6.07) is 12.1. The van der Waals surface area contributed by atoms with Crippen molar-refractivity contribution in [3.05, 3.63) is 81.5 Å². The lowest BCUT2D eigenvalue weighted by atomic mass is 10.2. The number of benzene rings is 2. The molecule has 0 fully saturated rings. The van der Waals surface area contributed by atoms with E-state index in [-0.39, 0.29) is 18.0 Å². The van der Waals surface area contributed by atoms with Crippen LogP contribution in [-0.2, 0) is 6.54 Å².